The van der Waals surface area contributed by atoms with E-state index in [9.17, 15) is 14.4 Å². The summed E-state index contributed by atoms with van der Waals surface area (Å²) in [7, 11) is 3.07. The topological polar surface area (TPSA) is 123 Å². The zero-order valence-electron chi connectivity index (χ0n) is 20.6. The van der Waals surface area contributed by atoms with E-state index in [2.05, 4.69) is 20.6 Å². The molecule has 36 heavy (non-hydrogen) atoms. The van der Waals surface area contributed by atoms with E-state index in [0.29, 0.717) is 23.8 Å². The number of carbonyl (C=O) groups excluding carboxylic acids is 2. The Morgan fingerprint density at radius 3 is 2.67 bits per heavy atom. The average molecular weight is 494 g/mol. The summed E-state index contributed by atoms with van der Waals surface area (Å²) >= 11 is 0. The number of ether oxygens (including phenoxy) is 1. The number of imidazole rings is 1. The van der Waals surface area contributed by atoms with Gasteiger partial charge in [0.2, 0.25) is 0 Å². The number of fused-ring (bicyclic) bond motifs is 1. The van der Waals surface area contributed by atoms with Crippen molar-refractivity contribution in [1.29, 1.82) is 0 Å². The van der Waals surface area contributed by atoms with E-state index in [1.165, 1.54) is 7.11 Å². The van der Waals surface area contributed by atoms with Gasteiger partial charge in [0.15, 0.2) is 0 Å². The number of alkyl carbamates (subject to hydrolysis) is 1. The molecule has 0 aromatic carbocycles. The van der Waals surface area contributed by atoms with Gasteiger partial charge in [0.25, 0.3) is 5.91 Å². The van der Waals surface area contributed by atoms with Crippen LogP contribution < -0.4 is 16.3 Å². The Balaban J connectivity index is 1.39. The minimum Gasteiger partial charge on any atom is -0.453 e. The molecule has 11 nitrogen and oxygen atoms in total. The summed E-state index contributed by atoms with van der Waals surface area (Å²) in [6.07, 6.45) is 6.57. The molecule has 190 valence electrons. The zero-order chi connectivity index (χ0) is 25.2. The quantitative estimate of drug-likeness (QED) is 0.560. The highest BCUT2D eigenvalue weighted by molar-refractivity contribution is 5.92. The lowest BCUT2D eigenvalue weighted by molar-refractivity contribution is 0.0718. The second-order valence-electron chi connectivity index (χ2n) is 9.46. The molecule has 0 bridgehead atoms. The number of carbonyl (C=O) groups is 2. The number of nitrogens with zero attached hydrogens (tertiary/aromatic N) is 5. The summed E-state index contributed by atoms with van der Waals surface area (Å²) < 4.78 is 8.08. The van der Waals surface area contributed by atoms with Crippen LogP contribution in [0, 0.1) is 0 Å². The van der Waals surface area contributed by atoms with E-state index in [1.807, 2.05) is 11.0 Å². The molecule has 2 amide bonds. The lowest BCUT2D eigenvalue weighted by Crippen LogP contribution is -2.36. The number of pyridine rings is 2. The van der Waals surface area contributed by atoms with E-state index in [-0.39, 0.29) is 23.7 Å². The van der Waals surface area contributed by atoms with Crippen molar-refractivity contribution >= 4 is 34.7 Å². The van der Waals surface area contributed by atoms with Crippen LogP contribution in [0.15, 0.2) is 35.3 Å². The Morgan fingerprint density at radius 2 is 1.89 bits per heavy atom. The van der Waals surface area contributed by atoms with E-state index < -0.39 is 6.09 Å². The number of likely N-dealkylation sites (tertiary alicyclic amines) is 1. The van der Waals surface area contributed by atoms with Gasteiger partial charge in [-0.1, -0.05) is 6.07 Å². The fraction of sp³-hybridized carbons (Fsp3) is 0.480. The third-order valence-corrected chi connectivity index (χ3v) is 7.12. The van der Waals surface area contributed by atoms with Crippen LogP contribution in [0.5, 0.6) is 0 Å². The molecule has 2 aliphatic rings. The van der Waals surface area contributed by atoms with Crippen LogP contribution in [0.25, 0.3) is 11.0 Å². The van der Waals surface area contributed by atoms with Gasteiger partial charge in [-0.25, -0.2) is 19.6 Å². The minimum absolute atomic E-state index is 0.0478. The normalized spacial score (nSPS) is 19.9. The summed E-state index contributed by atoms with van der Waals surface area (Å²) in [6, 6.07) is 7.05. The first-order valence-corrected chi connectivity index (χ1v) is 12.4. The van der Waals surface area contributed by atoms with Crippen molar-refractivity contribution < 1.29 is 14.3 Å². The lowest BCUT2D eigenvalue weighted by Gasteiger charge is -2.26. The number of piperidine rings is 1. The van der Waals surface area contributed by atoms with Crippen LogP contribution in [0.1, 0.15) is 55.1 Å². The summed E-state index contributed by atoms with van der Waals surface area (Å²) in [4.78, 5) is 48.5. The molecule has 0 radical (unpaired) electrons. The molecular weight excluding hydrogens is 462 g/mol. The van der Waals surface area contributed by atoms with Crippen molar-refractivity contribution in [1.82, 2.24) is 29.3 Å². The molecule has 3 aromatic rings. The van der Waals surface area contributed by atoms with Gasteiger partial charge in [-0.05, 0) is 50.7 Å². The number of hydrogen-bond donors (Lipinski definition) is 2. The SMILES string of the molecule is COC(=O)N[C@@H]1CC[C@@H](n2c(=O)n(C)c3cnc(Nc4cccc(C(=O)N5CCCCC5)n4)cc32)C1. The Morgan fingerprint density at radius 1 is 1.08 bits per heavy atom. The fourth-order valence-electron chi connectivity index (χ4n) is 5.24. The van der Waals surface area contributed by atoms with Gasteiger partial charge < -0.3 is 20.3 Å². The number of methoxy groups -OCH3 is 1. The predicted molar refractivity (Wildman–Crippen MR) is 134 cm³/mol. The fourth-order valence-corrected chi connectivity index (χ4v) is 5.24. The maximum Gasteiger partial charge on any atom is 0.407 e. The minimum atomic E-state index is -0.463. The second-order valence-corrected chi connectivity index (χ2v) is 9.46. The number of aromatic nitrogens is 4. The molecule has 1 aliphatic heterocycles. The lowest BCUT2D eigenvalue weighted by atomic mass is 10.1. The Labute approximate surface area is 208 Å². The maximum absolute atomic E-state index is 13.1. The first-order chi connectivity index (χ1) is 17.4. The monoisotopic (exact) mass is 493 g/mol. The van der Waals surface area contributed by atoms with Gasteiger partial charge in [0, 0.05) is 38.3 Å². The summed E-state index contributed by atoms with van der Waals surface area (Å²) in [5, 5.41) is 6.03. The molecule has 5 rings (SSSR count). The molecule has 1 saturated heterocycles. The van der Waals surface area contributed by atoms with Crippen molar-refractivity contribution in [2.75, 3.05) is 25.5 Å². The predicted octanol–water partition coefficient (Wildman–Crippen LogP) is 2.95. The first-order valence-electron chi connectivity index (χ1n) is 12.4. The molecule has 2 atom stereocenters. The van der Waals surface area contributed by atoms with E-state index in [0.717, 1.165) is 56.2 Å². The third-order valence-electron chi connectivity index (χ3n) is 7.12. The van der Waals surface area contributed by atoms with E-state index in [1.54, 1.807) is 40.6 Å². The Kier molecular flexibility index (Phi) is 6.62. The number of aryl methyl sites for hydroxylation is 1. The number of amides is 2. The van der Waals surface area contributed by atoms with Gasteiger partial charge in [0.05, 0.1) is 24.3 Å². The molecule has 1 saturated carbocycles. The van der Waals surface area contributed by atoms with Crippen LogP contribution in [0.2, 0.25) is 0 Å². The van der Waals surface area contributed by atoms with Gasteiger partial charge in [-0.15, -0.1) is 0 Å². The van der Waals surface area contributed by atoms with Crippen LogP contribution in [-0.4, -0.2) is 62.2 Å². The highest BCUT2D eigenvalue weighted by atomic mass is 16.5. The van der Waals surface area contributed by atoms with Gasteiger partial charge >= 0.3 is 11.8 Å². The van der Waals surface area contributed by atoms with Gasteiger partial charge in [-0.2, -0.15) is 0 Å². The van der Waals surface area contributed by atoms with Crippen LogP contribution in [0.3, 0.4) is 0 Å². The summed E-state index contributed by atoms with van der Waals surface area (Å²) in [6.45, 7) is 1.53. The Hall–Kier alpha value is -3.89. The number of hydrogen-bond acceptors (Lipinski definition) is 7. The highest BCUT2D eigenvalue weighted by Gasteiger charge is 2.30. The van der Waals surface area contributed by atoms with Crippen molar-refractivity contribution in [2.24, 2.45) is 7.05 Å². The van der Waals surface area contributed by atoms with Crippen LogP contribution >= 0.6 is 0 Å². The molecule has 2 N–H and O–H groups in total. The van der Waals surface area contributed by atoms with Crippen molar-refractivity contribution in [3.63, 3.8) is 0 Å². The molecule has 0 unspecified atom stereocenters. The van der Waals surface area contributed by atoms with Gasteiger partial charge in [0.1, 0.15) is 17.3 Å². The molecule has 11 heteroatoms. The van der Waals surface area contributed by atoms with Gasteiger partial charge in [-0.3, -0.25) is 13.9 Å². The van der Waals surface area contributed by atoms with Crippen molar-refractivity contribution in [3.05, 3.63) is 46.6 Å². The third kappa shape index (κ3) is 4.65. The standard InChI is InChI=1S/C25H31N7O4/c1-30-20-15-26-22(29-21-8-6-7-18(28-21)23(33)31-11-4-3-5-12-31)14-19(20)32(25(30)35)17-10-9-16(13-17)27-24(34)36-2/h6-8,14-17H,3-5,9-13H2,1-2H3,(H,27,34)(H,26,28,29)/t16-,17-/m1/s1. The van der Waals surface area contributed by atoms with Crippen LogP contribution in [-0.2, 0) is 11.8 Å². The molecule has 3 aromatic heterocycles. The van der Waals surface area contributed by atoms with Crippen molar-refractivity contribution in [2.45, 2.75) is 50.6 Å². The number of anilines is 2. The number of nitrogens with one attached hydrogen (secondary N) is 2. The molecular formula is C25H31N7O4. The van der Waals surface area contributed by atoms with Crippen LogP contribution in [0.4, 0.5) is 16.4 Å². The summed E-state index contributed by atoms with van der Waals surface area (Å²) in [5.74, 6) is 0.979. The number of rotatable bonds is 5. The molecule has 0 spiro atoms. The Bertz CT molecular complexity index is 1340. The van der Waals surface area contributed by atoms with E-state index >= 15 is 0 Å². The average Bonchev–Trinajstić information content (AvgIpc) is 3.45. The highest BCUT2D eigenvalue weighted by Crippen LogP contribution is 2.32. The zero-order valence-corrected chi connectivity index (χ0v) is 20.6. The molecule has 4 heterocycles. The second kappa shape index (κ2) is 10.00. The smallest absolute Gasteiger partial charge is 0.407 e. The van der Waals surface area contributed by atoms with Crippen molar-refractivity contribution in [3.8, 4) is 0 Å². The maximum atomic E-state index is 13.1. The first kappa shape index (κ1) is 23.8. The van der Waals surface area contributed by atoms with E-state index in [4.69, 9.17) is 4.74 Å². The molecule has 2 fully saturated rings. The largest absolute Gasteiger partial charge is 0.453 e. The molecule has 1 aliphatic carbocycles. The summed E-state index contributed by atoms with van der Waals surface area (Å²) in [5.41, 5.74) is 1.75.